The fourth-order valence-corrected chi connectivity index (χ4v) is 1.83. The van der Waals surface area contributed by atoms with Crippen molar-refractivity contribution >= 4 is 23.0 Å². The molecule has 0 N–H and O–H groups in total. The van der Waals surface area contributed by atoms with Crippen LogP contribution >= 0.6 is 11.6 Å². The lowest BCUT2D eigenvalue weighted by molar-refractivity contribution is 0.415. The molecule has 2 aromatic rings. The minimum atomic E-state index is 0.385. The van der Waals surface area contributed by atoms with E-state index in [0.29, 0.717) is 5.88 Å². The first-order valence-corrected chi connectivity index (χ1v) is 6.20. The minimum absolute atomic E-state index is 0.385. The Hall–Kier alpha value is -1.80. The van der Waals surface area contributed by atoms with E-state index in [0.717, 1.165) is 22.7 Å². The van der Waals surface area contributed by atoms with Gasteiger partial charge in [0.05, 0.1) is 24.4 Å². The van der Waals surface area contributed by atoms with Crippen molar-refractivity contribution in [3.05, 3.63) is 60.2 Å². The fraction of sp³-hybridized carbons (Fsp3) is 0.133. The summed E-state index contributed by atoms with van der Waals surface area (Å²) in [6, 6.07) is 17.5. The molecule has 0 aromatic heterocycles. The highest BCUT2D eigenvalue weighted by Gasteiger charge is 2.01. The van der Waals surface area contributed by atoms with Gasteiger partial charge in [0.25, 0.3) is 0 Å². The zero-order valence-corrected chi connectivity index (χ0v) is 10.9. The summed E-state index contributed by atoms with van der Waals surface area (Å²) in [5.41, 5.74) is 2.78. The molecule has 0 amide bonds. The molecule has 92 valence electrons. The van der Waals surface area contributed by atoms with Crippen LogP contribution in [0.3, 0.4) is 0 Å². The van der Waals surface area contributed by atoms with Crippen molar-refractivity contribution < 1.29 is 4.74 Å². The van der Waals surface area contributed by atoms with E-state index < -0.39 is 0 Å². The number of rotatable bonds is 4. The lowest BCUT2D eigenvalue weighted by atomic mass is 10.1. The zero-order valence-electron chi connectivity index (χ0n) is 10.1. The van der Waals surface area contributed by atoms with Gasteiger partial charge < -0.3 is 4.74 Å². The van der Waals surface area contributed by atoms with Crippen molar-refractivity contribution in [1.82, 2.24) is 0 Å². The molecule has 0 unspecified atom stereocenters. The Labute approximate surface area is 112 Å². The molecule has 0 aliphatic carbocycles. The molecule has 0 heterocycles. The Morgan fingerprint density at radius 3 is 2.28 bits per heavy atom. The minimum Gasteiger partial charge on any atom is -0.497 e. The quantitative estimate of drug-likeness (QED) is 0.599. The maximum absolute atomic E-state index is 5.96. The van der Waals surface area contributed by atoms with Gasteiger partial charge in [0, 0.05) is 0 Å². The van der Waals surface area contributed by atoms with Crippen LogP contribution < -0.4 is 4.74 Å². The van der Waals surface area contributed by atoms with Crippen molar-refractivity contribution in [3.63, 3.8) is 0 Å². The maximum Gasteiger partial charge on any atom is 0.119 e. The first-order valence-electron chi connectivity index (χ1n) is 5.66. The third kappa shape index (κ3) is 3.11. The molecule has 0 aliphatic heterocycles. The van der Waals surface area contributed by atoms with E-state index in [2.05, 4.69) is 4.99 Å². The number of methoxy groups -OCH3 is 1. The molecule has 0 bridgehead atoms. The van der Waals surface area contributed by atoms with Crippen LogP contribution in [0.2, 0.25) is 0 Å². The number of nitrogens with zero attached hydrogens (tertiary/aromatic N) is 1. The number of aliphatic imine (C=N–C) groups is 1. The van der Waals surface area contributed by atoms with Crippen molar-refractivity contribution in [2.45, 2.75) is 0 Å². The molecule has 0 saturated carbocycles. The van der Waals surface area contributed by atoms with E-state index in [-0.39, 0.29) is 0 Å². The second-order valence-electron chi connectivity index (χ2n) is 3.76. The molecule has 0 saturated heterocycles. The van der Waals surface area contributed by atoms with E-state index in [1.54, 1.807) is 7.11 Å². The lowest BCUT2D eigenvalue weighted by Crippen LogP contribution is -2.01. The Morgan fingerprint density at radius 2 is 1.72 bits per heavy atom. The number of hydrogen-bond donors (Lipinski definition) is 0. The average molecular weight is 260 g/mol. The summed E-state index contributed by atoms with van der Waals surface area (Å²) in [6.45, 7) is 0. The Balaban J connectivity index is 2.29. The van der Waals surface area contributed by atoms with Gasteiger partial charge >= 0.3 is 0 Å². The third-order valence-corrected chi connectivity index (χ3v) is 2.82. The Kier molecular flexibility index (Phi) is 4.37. The summed E-state index contributed by atoms with van der Waals surface area (Å²) in [7, 11) is 1.65. The number of halogens is 1. The predicted molar refractivity (Wildman–Crippen MR) is 76.4 cm³/mol. The van der Waals surface area contributed by atoms with Gasteiger partial charge in [0.2, 0.25) is 0 Å². The van der Waals surface area contributed by atoms with Crippen molar-refractivity contribution in [3.8, 4) is 5.75 Å². The van der Waals surface area contributed by atoms with Gasteiger partial charge in [-0.05, 0) is 29.8 Å². The van der Waals surface area contributed by atoms with Gasteiger partial charge in [-0.3, -0.25) is 4.99 Å². The molecule has 2 nitrogen and oxygen atoms in total. The molecule has 0 spiro atoms. The Bertz CT molecular complexity index is 520. The van der Waals surface area contributed by atoms with E-state index in [4.69, 9.17) is 16.3 Å². The average Bonchev–Trinajstić information content (AvgIpc) is 2.46. The fourth-order valence-electron chi connectivity index (χ4n) is 1.61. The second kappa shape index (κ2) is 6.22. The van der Waals surface area contributed by atoms with E-state index in [1.807, 2.05) is 54.6 Å². The molecule has 2 rings (SSSR count). The molecular weight excluding hydrogens is 246 g/mol. The molecule has 0 atom stereocenters. The first-order chi connectivity index (χ1) is 8.83. The second-order valence-corrected chi connectivity index (χ2v) is 4.02. The van der Waals surface area contributed by atoms with Crippen LogP contribution in [0.4, 0.5) is 5.69 Å². The van der Waals surface area contributed by atoms with Crippen molar-refractivity contribution in [2.24, 2.45) is 4.99 Å². The van der Waals surface area contributed by atoms with Crippen LogP contribution in [0.15, 0.2) is 59.6 Å². The van der Waals surface area contributed by atoms with Crippen LogP contribution in [0, 0.1) is 0 Å². The molecule has 0 radical (unpaired) electrons. The lowest BCUT2D eigenvalue weighted by Gasteiger charge is -2.04. The smallest absolute Gasteiger partial charge is 0.119 e. The normalized spacial score (nSPS) is 11.3. The molecule has 3 heteroatoms. The highest BCUT2D eigenvalue weighted by molar-refractivity contribution is 6.32. The monoisotopic (exact) mass is 259 g/mol. The van der Waals surface area contributed by atoms with E-state index in [9.17, 15) is 0 Å². The highest BCUT2D eigenvalue weighted by Crippen LogP contribution is 2.19. The number of alkyl halides is 1. The standard InChI is InChI=1S/C15H14ClNO/c1-18-14-9-7-13(8-10-14)17-15(11-16)12-5-3-2-4-6-12/h2-10H,11H2,1H3. The van der Waals surface area contributed by atoms with Gasteiger partial charge in [-0.25, -0.2) is 0 Å². The SMILES string of the molecule is COc1ccc(N=C(CCl)c2ccccc2)cc1. The predicted octanol–water partition coefficient (Wildman–Crippen LogP) is 4.05. The van der Waals surface area contributed by atoms with Crippen LogP contribution in [0.25, 0.3) is 0 Å². The van der Waals surface area contributed by atoms with Crippen LogP contribution in [0.1, 0.15) is 5.56 Å². The van der Waals surface area contributed by atoms with Crippen molar-refractivity contribution in [1.29, 1.82) is 0 Å². The summed E-state index contributed by atoms with van der Waals surface area (Å²) in [5, 5.41) is 0. The van der Waals surface area contributed by atoms with Gasteiger partial charge in [-0.15, -0.1) is 11.6 Å². The summed E-state index contributed by atoms with van der Waals surface area (Å²) < 4.78 is 5.11. The number of hydrogen-bond acceptors (Lipinski definition) is 2. The van der Waals surface area contributed by atoms with Crippen LogP contribution in [-0.4, -0.2) is 18.7 Å². The van der Waals surface area contributed by atoms with E-state index in [1.165, 1.54) is 0 Å². The molecule has 0 aliphatic rings. The van der Waals surface area contributed by atoms with Gasteiger partial charge in [-0.2, -0.15) is 0 Å². The van der Waals surface area contributed by atoms with Gasteiger partial charge in [0.1, 0.15) is 5.75 Å². The van der Waals surface area contributed by atoms with E-state index >= 15 is 0 Å². The molecule has 0 fully saturated rings. The molecule has 18 heavy (non-hydrogen) atoms. The summed E-state index contributed by atoms with van der Waals surface area (Å²) in [5.74, 6) is 1.21. The topological polar surface area (TPSA) is 21.6 Å². The third-order valence-electron chi connectivity index (χ3n) is 2.57. The van der Waals surface area contributed by atoms with Crippen LogP contribution in [-0.2, 0) is 0 Å². The number of ether oxygens (including phenoxy) is 1. The number of benzene rings is 2. The largest absolute Gasteiger partial charge is 0.497 e. The van der Waals surface area contributed by atoms with Crippen molar-refractivity contribution in [2.75, 3.05) is 13.0 Å². The Morgan fingerprint density at radius 1 is 1.06 bits per heavy atom. The summed E-state index contributed by atoms with van der Waals surface area (Å²) >= 11 is 5.96. The zero-order chi connectivity index (χ0) is 12.8. The van der Waals surface area contributed by atoms with Gasteiger partial charge in [0.15, 0.2) is 0 Å². The molecular formula is C15H14ClNO. The maximum atomic E-state index is 5.96. The van der Waals surface area contributed by atoms with Crippen LogP contribution in [0.5, 0.6) is 5.75 Å². The highest BCUT2D eigenvalue weighted by atomic mass is 35.5. The van der Waals surface area contributed by atoms with Gasteiger partial charge in [-0.1, -0.05) is 30.3 Å². The molecule has 2 aromatic carbocycles. The first kappa shape index (κ1) is 12.7. The summed E-state index contributed by atoms with van der Waals surface area (Å²) in [4.78, 5) is 4.55. The summed E-state index contributed by atoms with van der Waals surface area (Å²) in [6.07, 6.45) is 0.